The molecule has 0 saturated carbocycles. The van der Waals surface area contributed by atoms with Gasteiger partial charge in [-0.25, -0.2) is 0 Å². The maximum Gasteiger partial charge on any atom is 0.254 e. The van der Waals surface area contributed by atoms with Crippen molar-refractivity contribution < 1.29 is 9.90 Å². The highest BCUT2D eigenvalue weighted by Crippen LogP contribution is 2.26. The molecule has 6 heteroatoms. The van der Waals surface area contributed by atoms with Crippen LogP contribution in [0.5, 0.6) is 0 Å². The number of rotatable bonds is 3. The second kappa shape index (κ2) is 5.37. The smallest absolute Gasteiger partial charge is 0.254 e. The minimum Gasteiger partial charge on any atom is -0.388 e. The summed E-state index contributed by atoms with van der Waals surface area (Å²) in [6, 6.07) is 0. The summed E-state index contributed by atoms with van der Waals surface area (Å²) < 4.78 is 4.06. The number of nitrogens with one attached hydrogen (secondary N) is 1. The monoisotopic (exact) mass is 272 g/mol. The van der Waals surface area contributed by atoms with Gasteiger partial charge in [-0.1, -0.05) is 0 Å². The lowest BCUT2D eigenvalue weighted by Gasteiger charge is -2.31. The summed E-state index contributed by atoms with van der Waals surface area (Å²) in [6.45, 7) is 2.15. The molecule has 94 valence electrons. The molecule has 0 bridgehead atoms. The zero-order chi connectivity index (χ0) is 12.3. The maximum atomic E-state index is 11.9. The van der Waals surface area contributed by atoms with Crippen LogP contribution in [-0.2, 0) is 0 Å². The molecule has 1 aromatic heterocycles. The second-order valence-electron chi connectivity index (χ2n) is 4.33. The molecular weight excluding hydrogens is 256 g/mol. The molecule has 1 amide bonds. The number of aromatic nitrogens is 1. The molecule has 17 heavy (non-hydrogen) atoms. The van der Waals surface area contributed by atoms with E-state index in [-0.39, 0.29) is 5.91 Å². The molecule has 1 saturated heterocycles. The summed E-state index contributed by atoms with van der Waals surface area (Å²) >= 11 is 3.13. The molecule has 2 heterocycles. The van der Waals surface area contributed by atoms with E-state index in [9.17, 15) is 9.90 Å². The molecule has 4 nitrogen and oxygen atoms in total. The predicted molar refractivity (Wildman–Crippen MR) is 70.7 cm³/mol. The van der Waals surface area contributed by atoms with Crippen molar-refractivity contribution in [2.45, 2.75) is 25.4 Å². The number of aryl methyl sites for hydroxylation is 1. The van der Waals surface area contributed by atoms with Gasteiger partial charge in [-0.05, 0) is 42.8 Å². The Morgan fingerprint density at radius 2 is 2.29 bits per heavy atom. The molecule has 2 rings (SSSR count). The molecule has 0 aliphatic carbocycles. The van der Waals surface area contributed by atoms with Gasteiger partial charge in [0.25, 0.3) is 5.91 Å². The molecule has 0 aromatic carbocycles. The van der Waals surface area contributed by atoms with Crippen molar-refractivity contribution >= 4 is 29.2 Å². The lowest BCUT2D eigenvalue weighted by molar-refractivity contribution is 0.0311. The van der Waals surface area contributed by atoms with E-state index in [0.29, 0.717) is 12.1 Å². The van der Waals surface area contributed by atoms with Gasteiger partial charge in [0.05, 0.1) is 16.9 Å². The molecule has 1 fully saturated rings. The molecule has 0 atom stereocenters. The van der Waals surface area contributed by atoms with Gasteiger partial charge < -0.3 is 10.4 Å². The van der Waals surface area contributed by atoms with Crippen molar-refractivity contribution in [3.8, 4) is 0 Å². The minimum absolute atomic E-state index is 0.136. The highest BCUT2D eigenvalue weighted by Gasteiger charge is 2.30. The third-order valence-electron chi connectivity index (χ3n) is 3.00. The third-order valence-corrected chi connectivity index (χ3v) is 4.70. The SMILES string of the molecule is Cc1nscc1C(=O)NCC1(O)CCSCC1. The van der Waals surface area contributed by atoms with E-state index in [0.717, 1.165) is 30.0 Å². The first-order valence-corrected chi connectivity index (χ1v) is 7.59. The van der Waals surface area contributed by atoms with Crippen LogP contribution in [0.2, 0.25) is 0 Å². The first kappa shape index (κ1) is 12.9. The van der Waals surface area contributed by atoms with Crippen LogP contribution in [0.4, 0.5) is 0 Å². The van der Waals surface area contributed by atoms with Gasteiger partial charge in [0.2, 0.25) is 0 Å². The van der Waals surface area contributed by atoms with Crippen molar-refractivity contribution in [3.05, 3.63) is 16.6 Å². The second-order valence-corrected chi connectivity index (χ2v) is 6.19. The van der Waals surface area contributed by atoms with Gasteiger partial charge in [-0.15, -0.1) is 0 Å². The molecule has 1 aromatic rings. The van der Waals surface area contributed by atoms with Crippen LogP contribution in [-0.4, -0.2) is 39.0 Å². The van der Waals surface area contributed by atoms with Crippen LogP contribution in [0.15, 0.2) is 5.38 Å². The lowest BCUT2D eigenvalue weighted by atomic mass is 9.97. The molecule has 0 spiro atoms. The average molecular weight is 272 g/mol. The van der Waals surface area contributed by atoms with Gasteiger partial charge in [0.1, 0.15) is 0 Å². The summed E-state index contributed by atoms with van der Waals surface area (Å²) in [7, 11) is 0. The molecular formula is C11H16N2O2S2. The summed E-state index contributed by atoms with van der Waals surface area (Å²) in [5.41, 5.74) is 0.639. The third kappa shape index (κ3) is 3.20. The van der Waals surface area contributed by atoms with E-state index in [2.05, 4.69) is 9.69 Å². The number of carbonyl (C=O) groups is 1. The maximum absolute atomic E-state index is 11.9. The average Bonchev–Trinajstić information content (AvgIpc) is 2.74. The van der Waals surface area contributed by atoms with Gasteiger partial charge in [0.15, 0.2) is 0 Å². The zero-order valence-corrected chi connectivity index (χ0v) is 11.4. The van der Waals surface area contributed by atoms with Gasteiger partial charge >= 0.3 is 0 Å². The van der Waals surface area contributed by atoms with Crippen LogP contribution in [0, 0.1) is 6.92 Å². The fraction of sp³-hybridized carbons (Fsp3) is 0.636. The van der Waals surface area contributed by atoms with Crippen molar-refractivity contribution in [1.29, 1.82) is 0 Å². The Balaban J connectivity index is 1.90. The highest BCUT2D eigenvalue weighted by molar-refractivity contribution is 7.99. The zero-order valence-electron chi connectivity index (χ0n) is 9.73. The fourth-order valence-electron chi connectivity index (χ4n) is 1.78. The number of hydrogen-bond acceptors (Lipinski definition) is 5. The quantitative estimate of drug-likeness (QED) is 0.874. The summed E-state index contributed by atoms with van der Waals surface area (Å²) in [5, 5.41) is 14.8. The van der Waals surface area contributed by atoms with Crippen molar-refractivity contribution in [2.24, 2.45) is 0 Å². The number of nitrogens with zero attached hydrogens (tertiary/aromatic N) is 1. The Hall–Kier alpha value is -0.590. The molecule has 1 aliphatic heterocycles. The Bertz CT molecular complexity index is 400. The standard InChI is InChI=1S/C11H16N2O2S2/c1-8-9(6-17-13-8)10(14)12-7-11(15)2-4-16-5-3-11/h6,15H,2-5,7H2,1H3,(H,12,14). The minimum atomic E-state index is -0.724. The number of thioether (sulfide) groups is 1. The largest absolute Gasteiger partial charge is 0.388 e. The van der Waals surface area contributed by atoms with E-state index in [1.165, 1.54) is 11.5 Å². The van der Waals surface area contributed by atoms with E-state index < -0.39 is 5.60 Å². The topological polar surface area (TPSA) is 62.2 Å². The van der Waals surface area contributed by atoms with Crippen molar-refractivity contribution in [3.63, 3.8) is 0 Å². The Morgan fingerprint density at radius 3 is 2.88 bits per heavy atom. The predicted octanol–water partition coefficient (Wildman–Crippen LogP) is 1.44. The van der Waals surface area contributed by atoms with E-state index in [1.54, 1.807) is 5.38 Å². The Morgan fingerprint density at radius 1 is 1.59 bits per heavy atom. The highest BCUT2D eigenvalue weighted by atomic mass is 32.2. The fourth-order valence-corrected chi connectivity index (χ4v) is 3.72. The molecule has 0 radical (unpaired) electrons. The summed E-state index contributed by atoms with van der Waals surface area (Å²) in [6.07, 6.45) is 1.50. The van der Waals surface area contributed by atoms with Crippen molar-refractivity contribution in [1.82, 2.24) is 9.69 Å². The van der Waals surface area contributed by atoms with E-state index in [1.807, 2.05) is 18.7 Å². The molecule has 0 unspecified atom stereocenters. The van der Waals surface area contributed by atoms with Crippen LogP contribution in [0.25, 0.3) is 0 Å². The normalized spacial score (nSPS) is 18.9. The Kier molecular flexibility index (Phi) is 4.06. The first-order chi connectivity index (χ1) is 8.11. The first-order valence-electron chi connectivity index (χ1n) is 5.60. The summed E-state index contributed by atoms with van der Waals surface area (Å²) in [4.78, 5) is 11.9. The van der Waals surface area contributed by atoms with Gasteiger partial charge in [-0.3, -0.25) is 4.79 Å². The van der Waals surface area contributed by atoms with Crippen LogP contribution >= 0.6 is 23.3 Å². The molecule has 1 aliphatic rings. The number of aliphatic hydroxyl groups is 1. The van der Waals surface area contributed by atoms with Crippen molar-refractivity contribution in [2.75, 3.05) is 18.1 Å². The molecule has 2 N–H and O–H groups in total. The van der Waals surface area contributed by atoms with Gasteiger partial charge in [0, 0.05) is 11.9 Å². The van der Waals surface area contributed by atoms with E-state index in [4.69, 9.17) is 0 Å². The van der Waals surface area contributed by atoms with Crippen LogP contribution < -0.4 is 5.32 Å². The number of carbonyl (C=O) groups excluding carboxylic acids is 1. The van der Waals surface area contributed by atoms with Crippen LogP contribution in [0.1, 0.15) is 28.9 Å². The van der Waals surface area contributed by atoms with E-state index >= 15 is 0 Å². The lowest BCUT2D eigenvalue weighted by Crippen LogP contribution is -2.45. The Labute approximate surface area is 109 Å². The summed E-state index contributed by atoms with van der Waals surface area (Å²) in [5.74, 6) is 1.79. The van der Waals surface area contributed by atoms with Crippen LogP contribution in [0.3, 0.4) is 0 Å². The number of amides is 1. The van der Waals surface area contributed by atoms with Gasteiger partial charge in [-0.2, -0.15) is 16.1 Å². The number of hydrogen-bond donors (Lipinski definition) is 2.